The summed E-state index contributed by atoms with van der Waals surface area (Å²) in [5, 5.41) is 10.8. The van der Waals surface area contributed by atoms with E-state index in [0.29, 0.717) is 5.25 Å². The van der Waals surface area contributed by atoms with Crippen molar-refractivity contribution >= 4 is 17.8 Å². The van der Waals surface area contributed by atoms with E-state index in [1.807, 2.05) is 32.5 Å². The van der Waals surface area contributed by atoms with Gasteiger partial charge in [0.15, 0.2) is 0 Å². The maximum absolute atomic E-state index is 12.2. The Bertz CT molecular complexity index is 482. The van der Waals surface area contributed by atoms with E-state index in [1.165, 1.54) is 12.8 Å². The molecule has 0 unspecified atom stereocenters. The van der Waals surface area contributed by atoms with Crippen LogP contribution in [0.1, 0.15) is 62.6 Å². The molecule has 1 aliphatic rings. The van der Waals surface area contributed by atoms with Gasteiger partial charge in [-0.05, 0) is 45.8 Å². The van der Waals surface area contributed by atoms with Crippen molar-refractivity contribution in [3.05, 3.63) is 17.0 Å². The highest BCUT2D eigenvalue weighted by molar-refractivity contribution is 7.99. The van der Waals surface area contributed by atoms with Gasteiger partial charge in [-0.2, -0.15) is 11.8 Å². The Labute approximate surface area is 137 Å². The first-order valence-electron chi connectivity index (χ1n) is 8.12. The molecule has 0 aliphatic heterocycles. The molecule has 1 heterocycles. The van der Waals surface area contributed by atoms with Crippen molar-refractivity contribution in [2.24, 2.45) is 0 Å². The summed E-state index contributed by atoms with van der Waals surface area (Å²) in [6.45, 7) is 7.93. The fourth-order valence-electron chi connectivity index (χ4n) is 3.27. The van der Waals surface area contributed by atoms with Gasteiger partial charge in [-0.3, -0.25) is 0 Å². The molecule has 1 fully saturated rings. The van der Waals surface area contributed by atoms with E-state index >= 15 is 0 Å². The molecular formula is C16H27N3O2S. The summed E-state index contributed by atoms with van der Waals surface area (Å²) >= 11 is 2.01. The minimum atomic E-state index is -0.101. The summed E-state index contributed by atoms with van der Waals surface area (Å²) in [5.41, 5.74) is 1.81. The number of nitrogens with one attached hydrogen (secondary N) is 2. The summed E-state index contributed by atoms with van der Waals surface area (Å²) in [6, 6.07) is 0.0879. The summed E-state index contributed by atoms with van der Waals surface area (Å²) in [7, 11) is 0. The summed E-state index contributed by atoms with van der Waals surface area (Å²) in [4.78, 5) is 12.2. The Morgan fingerprint density at radius 3 is 2.86 bits per heavy atom. The van der Waals surface area contributed by atoms with Crippen LogP contribution in [0, 0.1) is 13.8 Å². The predicted octanol–water partition coefficient (Wildman–Crippen LogP) is 3.72. The first kappa shape index (κ1) is 17.2. The van der Waals surface area contributed by atoms with Crippen molar-refractivity contribution in [2.75, 3.05) is 5.75 Å². The molecule has 0 aromatic carbocycles. The predicted molar refractivity (Wildman–Crippen MR) is 90.2 cm³/mol. The highest BCUT2D eigenvalue weighted by atomic mass is 32.2. The molecule has 0 radical (unpaired) electrons. The normalized spacial score (nSPS) is 23.1. The van der Waals surface area contributed by atoms with Gasteiger partial charge in [-0.1, -0.05) is 18.5 Å². The van der Waals surface area contributed by atoms with E-state index in [2.05, 4.69) is 22.7 Å². The van der Waals surface area contributed by atoms with Crippen molar-refractivity contribution in [1.82, 2.24) is 15.8 Å². The number of rotatable bonds is 5. The van der Waals surface area contributed by atoms with Crippen LogP contribution in [0.15, 0.2) is 4.52 Å². The molecule has 124 valence electrons. The van der Waals surface area contributed by atoms with Crippen LogP contribution in [0.2, 0.25) is 0 Å². The minimum Gasteiger partial charge on any atom is -0.361 e. The molecule has 3 atom stereocenters. The number of urea groups is 1. The maximum atomic E-state index is 12.2. The topological polar surface area (TPSA) is 67.2 Å². The second-order valence-corrected chi connectivity index (χ2v) is 7.60. The third-order valence-corrected chi connectivity index (χ3v) is 5.47. The quantitative estimate of drug-likeness (QED) is 0.866. The van der Waals surface area contributed by atoms with E-state index in [0.717, 1.165) is 35.6 Å². The lowest BCUT2D eigenvalue weighted by Crippen LogP contribution is -2.45. The molecule has 1 aromatic heterocycles. The fourth-order valence-corrected chi connectivity index (χ4v) is 4.44. The van der Waals surface area contributed by atoms with Gasteiger partial charge in [0.25, 0.3) is 0 Å². The van der Waals surface area contributed by atoms with Crippen LogP contribution in [-0.2, 0) is 0 Å². The van der Waals surface area contributed by atoms with Gasteiger partial charge in [-0.25, -0.2) is 4.79 Å². The van der Waals surface area contributed by atoms with Gasteiger partial charge >= 0.3 is 6.03 Å². The van der Waals surface area contributed by atoms with Crippen molar-refractivity contribution in [1.29, 1.82) is 0 Å². The van der Waals surface area contributed by atoms with Gasteiger partial charge in [0, 0.05) is 16.9 Å². The van der Waals surface area contributed by atoms with E-state index in [4.69, 9.17) is 4.52 Å². The Morgan fingerprint density at radius 1 is 1.45 bits per heavy atom. The average Bonchev–Trinajstić information content (AvgIpc) is 2.78. The van der Waals surface area contributed by atoms with Gasteiger partial charge in [0.05, 0.1) is 11.7 Å². The molecule has 5 nitrogen and oxygen atoms in total. The Morgan fingerprint density at radius 2 is 2.23 bits per heavy atom. The highest BCUT2D eigenvalue weighted by Crippen LogP contribution is 2.28. The molecule has 2 N–H and O–H groups in total. The second kappa shape index (κ2) is 7.90. The van der Waals surface area contributed by atoms with Crippen LogP contribution in [-0.4, -0.2) is 28.2 Å². The Kier molecular flexibility index (Phi) is 6.17. The number of amides is 2. The number of thioether (sulfide) groups is 1. The summed E-state index contributed by atoms with van der Waals surface area (Å²) < 4.78 is 5.16. The molecule has 0 spiro atoms. The zero-order valence-corrected chi connectivity index (χ0v) is 14.8. The first-order valence-corrected chi connectivity index (χ1v) is 9.17. The zero-order chi connectivity index (χ0) is 16.1. The second-order valence-electron chi connectivity index (χ2n) is 6.02. The minimum absolute atomic E-state index is 0.0975. The molecule has 2 amide bonds. The summed E-state index contributed by atoms with van der Waals surface area (Å²) in [5.74, 6) is 1.91. The lowest BCUT2D eigenvalue weighted by atomic mass is 9.95. The monoisotopic (exact) mass is 325 g/mol. The molecule has 22 heavy (non-hydrogen) atoms. The lowest BCUT2D eigenvalue weighted by molar-refractivity contribution is 0.230. The van der Waals surface area contributed by atoms with Gasteiger partial charge in [0.1, 0.15) is 5.76 Å². The van der Waals surface area contributed by atoms with E-state index in [1.54, 1.807) is 0 Å². The van der Waals surface area contributed by atoms with Crippen molar-refractivity contribution in [2.45, 2.75) is 70.7 Å². The van der Waals surface area contributed by atoms with Crippen LogP contribution in [0.5, 0.6) is 0 Å². The smallest absolute Gasteiger partial charge is 0.315 e. The molecule has 1 aliphatic carbocycles. The zero-order valence-electron chi connectivity index (χ0n) is 13.9. The van der Waals surface area contributed by atoms with Crippen LogP contribution in [0.3, 0.4) is 0 Å². The number of carbonyl (C=O) groups excluding carboxylic acids is 1. The molecule has 0 saturated heterocycles. The van der Waals surface area contributed by atoms with Gasteiger partial charge in [0.2, 0.25) is 0 Å². The van der Waals surface area contributed by atoms with E-state index < -0.39 is 0 Å². The van der Waals surface area contributed by atoms with E-state index in [9.17, 15) is 4.79 Å². The number of aromatic nitrogens is 1. The Balaban J connectivity index is 1.85. The summed E-state index contributed by atoms with van der Waals surface area (Å²) in [6.07, 6.45) is 4.62. The fraction of sp³-hybridized carbons (Fsp3) is 0.750. The van der Waals surface area contributed by atoms with Gasteiger partial charge < -0.3 is 15.2 Å². The van der Waals surface area contributed by atoms with Crippen molar-refractivity contribution < 1.29 is 9.32 Å². The van der Waals surface area contributed by atoms with E-state index in [-0.39, 0.29) is 18.1 Å². The van der Waals surface area contributed by atoms with Crippen LogP contribution in [0.4, 0.5) is 4.79 Å². The average molecular weight is 325 g/mol. The van der Waals surface area contributed by atoms with Gasteiger partial charge in [-0.15, -0.1) is 0 Å². The molecule has 0 bridgehead atoms. The molecule has 2 rings (SSSR count). The SMILES string of the molecule is CCS[C@@H]1CCC[C@H](NC(=O)N[C@@H](C)c2c(C)noc2C)C1. The Hall–Kier alpha value is -1.17. The largest absolute Gasteiger partial charge is 0.361 e. The van der Waals surface area contributed by atoms with Crippen LogP contribution < -0.4 is 10.6 Å². The lowest BCUT2D eigenvalue weighted by Gasteiger charge is -2.29. The molecular weight excluding hydrogens is 298 g/mol. The van der Waals surface area contributed by atoms with Crippen molar-refractivity contribution in [3.8, 4) is 0 Å². The third-order valence-electron chi connectivity index (χ3n) is 4.23. The molecule has 1 saturated carbocycles. The van der Waals surface area contributed by atoms with Crippen LogP contribution >= 0.6 is 11.8 Å². The number of hydrogen-bond acceptors (Lipinski definition) is 4. The molecule has 1 aromatic rings. The number of carbonyl (C=O) groups is 1. The number of aryl methyl sites for hydroxylation is 2. The van der Waals surface area contributed by atoms with Crippen LogP contribution in [0.25, 0.3) is 0 Å². The number of hydrogen-bond donors (Lipinski definition) is 2. The van der Waals surface area contributed by atoms with Crippen molar-refractivity contribution in [3.63, 3.8) is 0 Å². The first-order chi connectivity index (χ1) is 10.5. The number of nitrogens with zero attached hydrogens (tertiary/aromatic N) is 1. The molecule has 6 heteroatoms. The maximum Gasteiger partial charge on any atom is 0.315 e. The highest BCUT2D eigenvalue weighted by Gasteiger charge is 2.24. The third kappa shape index (κ3) is 4.41. The standard InChI is InChI=1S/C16H27N3O2S/c1-5-22-14-8-6-7-13(9-14)18-16(20)17-10(2)15-11(3)19-21-12(15)4/h10,13-14H,5-9H2,1-4H3,(H2,17,18,20)/t10-,13-,14+/m0/s1.